The van der Waals surface area contributed by atoms with E-state index >= 15 is 0 Å². The summed E-state index contributed by atoms with van der Waals surface area (Å²) >= 11 is 7.98. The zero-order chi connectivity index (χ0) is 20.7. The number of nitrogens with zero attached hydrogens (tertiary/aromatic N) is 1. The maximum absolute atomic E-state index is 11.4. The summed E-state index contributed by atoms with van der Waals surface area (Å²) in [5.41, 5.74) is 5.32. The van der Waals surface area contributed by atoms with Gasteiger partial charge in [0.05, 0.1) is 0 Å². The first-order chi connectivity index (χ1) is 14.6. The molecule has 2 aliphatic rings. The molecule has 1 aromatic heterocycles. The number of hydrogen-bond acceptors (Lipinski definition) is 3. The van der Waals surface area contributed by atoms with Crippen molar-refractivity contribution in [1.29, 1.82) is 0 Å². The highest BCUT2D eigenvalue weighted by Gasteiger charge is 2.28. The highest BCUT2D eigenvalue weighted by molar-refractivity contribution is 7.17. The topological polar surface area (TPSA) is 32.3 Å². The predicted octanol–water partition coefficient (Wildman–Crippen LogP) is 6.42. The molecule has 0 bridgehead atoms. The number of likely N-dealkylation sites (tertiary alicyclic amines) is 1. The molecule has 1 unspecified atom stereocenters. The quantitative estimate of drug-likeness (QED) is 0.509. The third kappa shape index (κ3) is 4.01. The standard InChI is InChI=1S/C25H27ClN2OS/c1-16(29)27-21-6-4-17-2-3-19(23(17)13-21)14-28-10-8-18(9-11-28)24-15-30-25-12-20(26)5-7-22(24)25/h4-7,12-13,15,18-19H,2-3,8-11,14H2,1H3,(H,27,29). The first kappa shape index (κ1) is 20.0. The Morgan fingerprint density at radius 3 is 2.77 bits per heavy atom. The van der Waals surface area contributed by atoms with Gasteiger partial charge in [0, 0.05) is 28.9 Å². The number of piperidine rings is 1. The van der Waals surface area contributed by atoms with Crippen LogP contribution in [-0.4, -0.2) is 30.4 Å². The fraction of sp³-hybridized carbons (Fsp3) is 0.400. The second-order valence-electron chi connectivity index (χ2n) is 8.74. The van der Waals surface area contributed by atoms with E-state index in [-0.39, 0.29) is 5.91 Å². The highest BCUT2D eigenvalue weighted by atomic mass is 35.5. The molecule has 1 fully saturated rings. The number of amides is 1. The van der Waals surface area contributed by atoms with Crippen molar-refractivity contribution in [2.45, 2.75) is 44.4 Å². The van der Waals surface area contributed by atoms with Gasteiger partial charge in [0.15, 0.2) is 0 Å². The average Bonchev–Trinajstić information content (AvgIpc) is 3.32. The van der Waals surface area contributed by atoms with Gasteiger partial charge < -0.3 is 10.2 Å². The number of nitrogens with one attached hydrogen (secondary N) is 1. The van der Waals surface area contributed by atoms with E-state index in [1.54, 1.807) is 6.92 Å². The number of thiophene rings is 1. The molecule has 1 atom stereocenters. The van der Waals surface area contributed by atoms with Crippen molar-refractivity contribution in [3.05, 3.63) is 63.5 Å². The van der Waals surface area contributed by atoms with Crippen molar-refractivity contribution in [1.82, 2.24) is 4.90 Å². The van der Waals surface area contributed by atoms with Gasteiger partial charge in [-0.1, -0.05) is 23.7 Å². The molecule has 0 saturated carbocycles. The van der Waals surface area contributed by atoms with E-state index in [0.717, 1.165) is 36.8 Å². The fourth-order valence-electron chi connectivity index (χ4n) is 5.24. The summed E-state index contributed by atoms with van der Waals surface area (Å²) in [5, 5.41) is 7.49. The van der Waals surface area contributed by atoms with E-state index < -0.39 is 0 Å². The lowest BCUT2D eigenvalue weighted by Gasteiger charge is -2.33. The van der Waals surface area contributed by atoms with Crippen LogP contribution in [0, 0.1) is 0 Å². The molecule has 156 valence electrons. The van der Waals surface area contributed by atoms with Gasteiger partial charge in [-0.3, -0.25) is 4.79 Å². The van der Waals surface area contributed by atoms with Gasteiger partial charge in [-0.25, -0.2) is 0 Å². The smallest absolute Gasteiger partial charge is 0.221 e. The molecule has 2 heterocycles. The number of hydrogen-bond donors (Lipinski definition) is 1. The fourth-order valence-corrected chi connectivity index (χ4v) is 6.55. The lowest BCUT2D eigenvalue weighted by molar-refractivity contribution is -0.114. The van der Waals surface area contributed by atoms with Crippen molar-refractivity contribution in [3.8, 4) is 0 Å². The van der Waals surface area contributed by atoms with Crippen molar-refractivity contribution in [2.75, 3.05) is 25.0 Å². The summed E-state index contributed by atoms with van der Waals surface area (Å²) in [6.45, 7) is 5.02. The first-order valence-corrected chi connectivity index (χ1v) is 12.1. The molecule has 1 aliphatic carbocycles. The summed E-state index contributed by atoms with van der Waals surface area (Å²) in [5.74, 6) is 1.22. The monoisotopic (exact) mass is 438 g/mol. The average molecular weight is 439 g/mol. The zero-order valence-electron chi connectivity index (χ0n) is 17.3. The van der Waals surface area contributed by atoms with Crippen LogP contribution in [0.4, 0.5) is 5.69 Å². The molecule has 5 rings (SSSR count). The minimum absolute atomic E-state index is 0.00482. The van der Waals surface area contributed by atoms with Crippen LogP contribution >= 0.6 is 22.9 Å². The predicted molar refractivity (Wildman–Crippen MR) is 127 cm³/mol. The Labute approximate surface area is 187 Å². The lowest BCUT2D eigenvalue weighted by atomic mass is 9.88. The summed E-state index contributed by atoms with van der Waals surface area (Å²) in [6, 6.07) is 12.7. The maximum atomic E-state index is 11.4. The molecule has 0 spiro atoms. The van der Waals surface area contributed by atoms with Crippen LogP contribution in [0.25, 0.3) is 10.1 Å². The van der Waals surface area contributed by atoms with Crippen molar-refractivity contribution < 1.29 is 4.79 Å². The summed E-state index contributed by atoms with van der Waals surface area (Å²) in [6.07, 6.45) is 4.81. The molecule has 5 heteroatoms. The molecule has 30 heavy (non-hydrogen) atoms. The van der Waals surface area contributed by atoms with Crippen LogP contribution < -0.4 is 5.32 Å². The number of halogens is 1. The van der Waals surface area contributed by atoms with Crippen LogP contribution in [0.15, 0.2) is 41.8 Å². The molecule has 1 amide bonds. The molecular weight excluding hydrogens is 412 g/mol. The summed E-state index contributed by atoms with van der Waals surface area (Å²) < 4.78 is 1.30. The van der Waals surface area contributed by atoms with Gasteiger partial charge in [0.2, 0.25) is 5.91 Å². The second-order valence-corrected chi connectivity index (χ2v) is 10.1. The second kappa shape index (κ2) is 8.33. The minimum Gasteiger partial charge on any atom is -0.326 e. The number of fused-ring (bicyclic) bond motifs is 2. The molecule has 3 aromatic rings. The number of aryl methyl sites for hydroxylation is 1. The molecule has 1 aliphatic heterocycles. The summed E-state index contributed by atoms with van der Waals surface area (Å²) in [7, 11) is 0. The Kier molecular flexibility index (Phi) is 5.57. The van der Waals surface area contributed by atoms with Gasteiger partial charge in [-0.2, -0.15) is 0 Å². The number of benzene rings is 2. The third-order valence-corrected chi connectivity index (χ3v) is 7.94. The Morgan fingerprint density at radius 1 is 1.13 bits per heavy atom. The van der Waals surface area contributed by atoms with Crippen LogP contribution in [0.2, 0.25) is 5.02 Å². The first-order valence-electron chi connectivity index (χ1n) is 10.9. The molecule has 3 nitrogen and oxygen atoms in total. The van der Waals surface area contributed by atoms with E-state index in [0.29, 0.717) is 11.8 Å². The molecule has 1 saturated heterocycles. The van der Waals surface area contributed by atoms with Crippen molar-refractivity contribution >= 4 is 44.6 Å². The number of rotatable bonds is 4. The van der Waals surface area contributed by atoms with Gasteiger partial charge in [-0.05, 0) is 102 Å². The van der Waals surface area contributed by atoms with E-state index in [4.69, 9.17) is 11.6 Å². The Balaban J connectivity index is 1.24. The van der Waals surface area contributed by atoms with E-state index in [1.165, 1.54) is 46.0 Å². The van der Waals surface area contributed by atoms with Gasteiger partial charge in [0.1, 0.15) is 0 Å². The van der Waals surface area contributed by atoms with Crippen LogP contribution in [0.3, 0.4) is 0 Å². The van der Waals surface area contributed by atoms with Crippen LogP contribution in [0.1, 0.15) is 54.7 Å². The SMILES string of the molecule is CC(=O)Nc1ccc2c(c1)C(CN1CCC(c3csc4cc(Cl)ccc34)CC1)CC2. The van der Waals surface area contributed by atoms with Crippen LogP contribution in [-0.2, 0) is 11.2 Å². The van der Waals surface area contributed by atoms with E-state index in [2.05, 4.69) is 39.9 Å². The Morgan fingerprint density at radius 2 is 1.97 bits per heavy atom. The number of carbonyl (C=O) groups is 1. The van der Waals surface area contributed by atoms with Gasteiger partial charge in [-0.15, -0.1) is 11.3 Å². The minimum atomic E-state index is -0.00482. The molecule has 1 N–H and O–H groups in total. The lowest BCUT2D eigenvalue weighted by Crippen LogP contribution is -2.35. The number of carbonyl (C=O) groups excluding carboxylic acids is 1. The Hall–Kier alpha value is -1.88. The maximum Gasteiger partial charge on any atom is 0.221 e. The highest BCUT2D eigenvalue weighted by Crippen LogP contribution is 2.39. The van der Waals surface area contributed by atoms with Gasteiger partial charge >= 0.3 is 0 Å². The Bertz CT molecular complexity index is 1080. The van der Waals surface area contributed by atoms with Crippen molar-refractivity contribution in [2.24, 2.45) is 0 Å². The van der Waals surface area contributed by atoms with E-state index in [1.807, 2.05) is 23.5 Å². The van der Waals surface area contributed by atoms with E-state index in [9.17, 15) is 4.79 Å². The number of anilines is 1. The summed E-state index contributed by atoms with van der Waals surface area (Å²) in [4.78, 5) is 14.1. The molecular formula is C25H27ClN2OS. The third-order valence-electron chi connectivity index (χ3n) is 6.74. The van der Waals surface area contributed by atoms with Crippen LogP contribution in [0.5, 0.6) is 0 Å². The largest absolute Gasteiger partial charge is 0.326 e. The molecule has 2 aromatic carbocycles. The van der Waals surface area contributed by atoms with Gasteiger partial charge in [0.25, 0.3) is 0 Å². The van der Waals surface area contributed by atoms with Crippen molar-refractivity contribution in [3.63, 3.8) is 0 Å². The normalized spacial score (nSPS) is 19.9. The molecule has 0 radical (unpaired) electrons. The zero-order valence-corrected chi connectivity index (χ0v) is 18.9.